The Labute approximate surface area is 242 Å². The molecule has 0 N–H and O–H groups in total. The molecule has 1 atom stereocenters. The zero-order valence-electron chi connectivity index (χ0n) is 23.4. The Morgan fingerprint density at radius 3 is 2.12 bits per heavy atom. The number of hydrogen-bond acceptors (Lipinski definition) is 3. The molecule has 0 saturated carbocycles. The summed E-state index contributed by atoms with van der Waals surface area (Å²) in [6.45, 7) is 4.83. The van der Waals surface area contributed by atoms with E-state index in [1.807, 2.05) is 36.4 Å². The zero-order chi connectivity index (χ0) is 27.7. The predicted octanol–water partition coefficient (Wildman–Crippen LogP) is 7.91. The van der Waals surface area contributed by atoms with Crippen LogP contribution in [0.1, 0.15) is 42.0 Å². The molecule has 10 rings (SSSR count). The molecule has 42 heavy (non-hydrogen) atoms. The molecular formula is C38H26N4. The van der Waals surface area contributed by atoms with Crippen LogP contribution in [0, 0.1) is 0 Å². The van der Waals surface area contributed by atoms with Gasteiger partial charge >= 0.3 is 0 Å². The molecule has 3 aliphatic carbocycles. The largest absolute Gasteiger partial charge is 0.278 e. The molecule has 5 aromatic carbocycles. The van der Waals surface area contributed by atoms with E-state index in [1.165, 1.54) is 54.5 Å². The van der Waals surface area contributed by atoms with Crippen LogP contribution in [0.25, 0.3) is 73.3 Å². The molecule has 0 amide bonds. The van der Waals surface area contributed by atoms with E-state index < -0.39 is 0 Å². The molecule has 0 fully saturated rings. The van der Waals surface area contributed by atoms with Gasteiger partial charge in [-0.15, -0.1) is 0 Å². The molecule has 0 aliphatic heterocycles. The van der Waals surface area contributed by atoms with Gasteiger partial charge in [0.05, 0.1) is 10.9 Å². The lowest BCUT2D eigenvalue weighted by molar-refractivity contribution is 0.494. The highest BCUT2D eigenvalue weighted by Gasteiger charge is 2.44. The van der Waals surface area contributed by atoms with Crippen LogP contribution in [0.5, 0.6) is 0 Å². The van der Waals surface area contributed by atoms with E-state index in [-0.39, 0.29) is 5.41 Å². The van der Waals surface area contributed by atoms with E-state index in [9.17, 15) is 0 Å². The first-order chi connectivity index (χ1) is 20.6. The van der Waals surface area contributed by atoms with Crippen LogP contribution in [-0.4, -0.2) is 19.5 Å². The molecule has 0 bridgehead atoms. The van der Waals surface area contributed by atoms with Gasteiger partial charge in [-0.1, -0.05) is 111 Å². The second kappa shape index (κ2) is 7.59. The van der Waals surface area contributed by atoms with Crippen molar-refractivity contribution < 1.29 is 0 Å². The summed E-state index contributed by atoms with van der Waals surface area (Å²) in [6.07, 6.45) is 8.07. The second-order valence-electron chi connectivity index (χ2n) is 12.4. The smallest absolute Gasteiger partial charge is 0.238 e. The first-order valence-corrected chi connectivity index (χ1v) is 14.7. The van der Waals surface area contributed by atoms with Crippen molar-refractivity contribution in [3.63, 3.8) is 0 Å². The fraction of sp³-hybridized carbons (Fsp3) is 0.132. The summed E-state index contributed by atoms with van der Waals surface area (Å²) in [7, 11) is 0. The average molecular weight is 539 g/mol. The van der Waals surface area contributed by atoms with Crippen molar-refractivity contribution in [1.82, 2.24) is 19.5 Å². The Bertz CT molecular complexity index is 2340. The van der Waals surface area contributed by atoms with Crippen molar-refractivity contribution in [2.24, 2.45) is 0 Å². The number of allylic oxidation sites excluding steroid dienone is 1. The van der Waals surface area contributed by atoms with E-state index in [0.29, 0.717) is 23.5 Å². The minimum Gasteiger partial charge on any atom is -0.278 e. The summed E-state index contributed by atoms with van der Waals surface area (Å²) in [5, 5.41) is 8.19. The third kappa shape index (κ3) is 2.66. The molecule has 0 radical (unpaired) electrons. The monoisotopic (exact) mass is 538 g/mol. The van der Waals surface area contributed by atoms with Crippen LogP contribution >= 0.6 is 0 Å². The zero-order valence-corrected chi connectivity index (χ0v) is 23.4. The maximum absolute atomic E-state index is 5.16. The Morgan fingerprint density at radius 1 is 0.690 bits per heavy atom. The minimum atomic E-state index is 0.0558. The lowest BCUT2D eigenvalue weighted by atomic mass is 9.74. The third-order valence-electron chi connectivity index (χ3n) is 9.94. The fourth-order valence-electron chi connectivity index (χ4n) is 8.03. The molecule has 198 valence electrons. The predicted molar refractivity (Wildman–Crippen MR) is 171 cm³/mol. The number of hydrogen-bond donors (Lipinski definition) is 0. The highest BCUT2D eigenvalue weighted by atomic mass is 15.2. The van der Waals surface area contributed by atoms with Gasteiger partial charge in [-0.2, -0.15) is 9.97 Å². The molecule has 2 heterocycles. The Hall–Kier alpha value is -5.09. The van der Waals surface area contributed by atoms with Gasteiger partial charge in [-0.05, 0) is 50.9 Å². The van der Waals surface area contributed by atoms with Crippen LogP contribution in [0.3, 0.4) is 0 Å². The van der Waals surface area contributed by atoms with Gasteiger partial charge in [0, 0.05) is 33.2 Å². The van der Waals surface area contributed by atoms with Crippen molar-refractivity contribution in [2.75, 3.05) is 0 Å². The SMILES string of the molecule is CC1(C)c2ccc3c4c2c2c5c(ccc6c5c4c(n6-c4nc(-c5ccccc5)nc(-c5ccccc5)n4)=CC3)C=CC21. The summed E-state index contributed by atoms with van der Waals surface area (Å²) in [5.74, 6) is 2.39. The van der Waals surface area contributed by atoms with Crippen LogP contribution in [0.4, 0.5) is 0 Å². The lowest BCUT2D eigenvalue weighted by Gasteiger charge is -2.29. The van der Waals surface area contributed by atoms with Crippen LogP contribution < -0.4 is 5.35 Å². The molecule has 4 heteroatoms. The van der Waals surface area contributed by atoms with Gasteiger partial charge < -0.3 is 0 Å². The summed E-state index contributed by atoms with van der Waals surface area (Å²) in [5.41, 5.74) is 8.89. The topological polar surface area (TPSA) is 43.6 Å². The molecule has 0 saturated heterocycles. The Kier molecular flexibility index (Phi) is 4.08. The number of rotatable bonds is 3. The summed E-state index contributed by atoms with van der Waals surface area (Å²) in [4.78, 5) is 15.3. The van der Waals surface area contributed by atoms with E-state index in [0.717, 1.165) is 23.1 Å². The van der Waals surface area contributed by atoms with Crippen molar-refractivity contribution >= 4 is 44.6 Å². The normalized spacial score (nSPS) is 17.2. The van der Waals surface area contributed by atoms with Crippen LogP contribution in [-0.2, 0) is 11.8 Å². The first-order valence-electron chi connectivity index (χ1n) is 14.7. The summed E-state index contributed by atoms with van der Waals surface area (Å²) >= 11 is 0. The molecule has 7 aromatic rings. The number of nitrogens with zero attached hydrogens (tertiary/aromatic N) is 4. The Morgan fingerprint density at radius 2 is 1.40 bits per heavy atom. The third-order valence-corrected chi connectivity index (χ3v) is 9.94. The molecular weight excluding hydrogens is 512 g/mol. The van der Waals surface area contributed by atoms with Gasteiger partial charge in [0.25, 0.3) is 0 Å². The Balaban J connectivity index is 1.38. The molecule has 3 aliphatic rings. The van der Waals surface area contributed by atoms with Gasteiger partial charge in [0.15, 0.2) is 11.6 Å². The molecule has 2 aromatic heterocycles. The first kappa shape index (κ1) is 22.6. The average Bonchev–Trinajstić information content (AvgIpc) is 3.51. The quantitative estimate of drug-likeness (QED) is 0.215. The van der Waals surface area contributed by atoms with Gasteiger partial charge in [-0.3, -0.25) is 4.57 Å². The van der Waals surface area contributed by atoms with Crippen molar-refractivity contribution in [3.8, 4) is 28.7 Å². The van der Waals surface area contributed by atoms with Gasteiger partial charge in [0.2, 0.25) is 5.95 Å². The molecule has 1 unspecified atom stereocenters. The standard InChI is InChI=1S/C38H26N4/c1-38(2)25-17-13-21-15-19-27-33-29(21)31(25)32-26(38)18-14-22-16-20-28(34(33)30(22)32)42(27)37-40-35(23-9-5-3-6-10-23)39-36(41-37)24-11-7-4-8-12-24/h3-15,17-20,25H,16H2,1-2H3. The summed E-state index contributed by atoms with van der Waals surface area (Å²) in [6, 6.07) is 29.8. The van der Waals surface area contributed by atoms with Crippen molar-refractivity contribution in [2.45, 2.75) is 31.6 Å². The molecule has 0 spiro atoms. The van der Waals surface area contributed by atoms with Crippen LogP contribution in [0.15, 0.2) is 91.0 Å². The lowest BCUT2D eigenvalue weighted by Crippen LogP contribution is -2.21. The van der Waals surface area contributed by atoms with E-state index >= 15 is 0 Å². The van der Waals surface area contributed by atoms with Gasteiger partial charge in [0.1, 0.15) is 0 Å². The van der Waals surface area contributed by atoms with E-state index in [2.05, 4.69) is 85.2 Å². The minimum absolute atomic E-state index is 0.0558. The maximum atomic E-state index is 5.16. The summed E-state index contributed by atoms with van der Waals surface area (Å²) < 4.78 is 2.30. The van der Waals surface area contributed by atoms with Crippen molar-refractivity contribution in [1.29, 1.82) is 0 Å². The van der Waals surface area contributed by atoms with E-state index in [1.54, 1.807) is 0 Å². The fourth-order valence-corrected chi connectivity index (χ4v) is 8.03. The number of aromatic nitrogens is 4. The maximum Gasteiger partial charge on any atom is 0.238 e. The van der Waals surface area contributed by atoms with Crippen molar-refractivity contribution in [3.05, 3.63) is 119 Å². The van der Waals surface area contributed by atoms with E-state index in [4.69, 9.17) is 15.0 Å². The van der Waals surface area contributed by atoms with Crippen LogP contribution in [0.2, 0.25) is 0 Å². The molecule has 4 nitrogen and oxygen atoms in total. The van der Waals surface area contributed by atoms with Gasteiger partial charge in [-0.25, -0.2) is 4.98 Å². The number of benzene rings is 5. The second-order valence-corrected chi connectivity index (χ2v) is 12.4. The highest BCUT2D eigenvalue weighted by molar-refractivity contribution is 6.28. The highest BCUT2D eigenvalue weighted by Crippen LogP contribution is 2.58.